The number of hydrogen-bond acceptors (Lipinski definition) is 3. The Balaban J connectivity index is 1.80. The molecule has 1 unspecified atom stereocenters. The van der Waals surface area contributed by atoms with Crippen molar-refractivity contribution in [2.45, 2.75) is 38.6 Å². The molecule has 3 nitrogen and oxygen atoms in total. The normalized spacial score (nSPS) is 17.3. The van der Waals surface area contributed by atoms with Gasteiger partial charge in [-0.3, -0.25) is 0 Å². The van der Waals surface area contributed by atoms with Crippen LogP contribution in [0.5, 0.6) is 5.75 Å². The Hall–Kier alpha value is -1.06. The van der Waals surface area contributed by atoms with Crippen LogP contribution in [0, 0.1) is 5.92 Å². The molecule has 0 aromatic heterocycles. The van der Waals surface area contributed by atoms with Crippen molar-refractivity contribution in [3.05, 3.63) is 29.8 Å². The fraction of sp³-hybridized carbons (Fsp3) is 0.647. The van der Waals surface area contributed by atoms with Gasteiger partial charge in [0.2, 0.25) is 0 Å². The lowest BCUT2D eigenvalue weighted by molar-refractivity contribution is 0.0844. The summed E-state index contributed by atoms with van der Waals surface area (Å²) in [4.78, 5) is 0. The maximum absolute atomic E-state index is 5.91. The second kappa shape index (κ2) is 8.28. The van der Waals surface area contributed by atoms with E-state index in [0.717, 1.165) is 24.9 Å². The van der Waals surface area contributed by atoms with Crippen molar-refractivity contribution in [1.29, 1.82) is 0 Å². The quantitative estimate of drug-likeness (QED) is 0.788. The van der Waals surface area contributed by atoms with Gasteiger partial charge >= 0.3 is 0 Å². The molecular weight excluding hydrogens is 250 g/mol. The van der Waals surface area contributed by atoms with Gasteiger partial charge in [-0.05, 0) is 50.4 Å². The van der Waals surface area contributed by atoms with E-state index < -0.39 is 0 Å². The molecule has 1 saturated carbocycles. The molecular formula is C17H27NO2. The first-order valence-corrected chi connectivity index (χ1v) is 7.81. The van der Waals surface area contributed by atoms with Crippen LogP contribution in [0.1, 0.15) is 44.2 Å². The first-order chi connectivity index (χ1) is 9.83. The third-order valence-corrected chi connectivity index (χ3v) is 4.05. The van der Waals surface area contributed by atoms with Crippen LogP contribution in [0.25, 0.3) is 0 Å². The first kappa shape index (κ1) is 15.3. The van der Waals surface area contributed by atoms with E-state index in [9.17, 15) is 0 Å². The lowest BCUT2D eigenvalue weighted by Crippen LogP contribution is -2.23. The summed E-state index contributed by atoms with van der Waals surface area (Å²) < 4.78 is 11.4. The molecule has 112 valence electrons. The maximum atomic E-state index is 5.91. The number of benzene rings is 1. The average Bonchev–Trinajstić information content (AvgIpc) is 2.98. The van der Waals surface area contributed by atoms with Crippen molar-refractivity contribution in [3.8, 4) is 5.75 Å². The van der Waals surface area contributed by atoms with Gasteiger partial charge in [0.15, 0.2) is 0 Å². The van der Waals surface area contributed by atoms with Gasteiger partial charge in [-0.2, -0.15) is 0 Å². The van der Waals surface area contributed by atoms with E-state index >= 15 is 0 Å². The second-order valence-corrected chi connectivity index (χ2v) is 5.53. The molecule has 0 bridgehead atoms. The Labute approximate surface area is 122 Å². The zero-order chi connectivity index (χ0) is 14.2. The highest BCUT2D eigenvalue weighted by atomic mass is 16.5. The summed E-state index contributed by atoms with van der Waals surface area (Å²) in [5.41, 5.74) is 1.25. The van der Waals surface area contributed by atoms with Crippen LogP contribution in [0.4, 0.5) is 0 Å². The van der Waals surface area contributed by atoms with Gasteiger partial charge in [0.25, 0.3) is 0 Å². The Morgan fingerprint density at radius 2 is 1.90 bits per heavy atom. The summed E-state index contributed by atoms with van der Waals surface area (Å²) in [5, 5.41) is 3.33. The van der Waals surface area contributed by atoms with E-state index in [1.54, 1.807) is 0 Å². The number of hydrogen-bond donors (Lipinski definition) is 1. The molecule has 1 aliphatic carbocycles. The molecule has 0 aliphatic heterocycles. The third-order valence-electron chi connectivity index (χ3n) is 4.05. The smallest absolute Gasteiger partial charge is 0.119 e. The Bertz CT molecular complexity index is 371. The molecule has 0 saturated heterocycles. The number of likely N-dealkylation sites (N-methyl/N-ethyl adjacent to an activating group) is 1. The fourth-order valence-electron chi connectivity index (χ4n) is 2.84. The van der Waals surface area contributed by atoms with Crippen LogP contribution in [0.3, 0.4) is 0 Å². The predicted octanol–water partition coefficient (Wildman–Crippen LogP) is 3.55. The van der Waals surface area contributed by atoms with Gasteiger partial charge in [0.1, 0.15) is 5.75 Å². The van der Waals surface area contributed by atoms with Gasteiger partial charge in [0.05, 0.1) is 19.3 Å². The van der Waals surface area contributed by atoms with E-state index in [4.69, 9.17) is 9.47 Å². The van der Waals surface area contributed by atoms with Crippen molar-refractivity contribution in [2.75, 3.05) is 26.9 Å². The standard InChI is InChI=1S/C17H27NO2/c1-3-20-16-10-8-15(9-11-16)17(18-2)13-19-12-14-6-4-5-7-14/h8-11,14,17-18H,3-7,12-13H2,1-2H3. The Kier molecular flexibility index (Phi) is 6.34. The molecule has 1 N–H and O–H groups in total. The zero-order valence-electron chi connectivity index (χ0n) is 12.7. The van der Waals surface area contributed by atoms with E-state index in [1.165, 1.54) is 31.2 Å². The highest BCUT2D eigenvalue weighted by Gasteiger charge is 2.16. The summed E-state index contributed by atoms with van der Waals surface area (Å²) in [6.07, 6.45) is 5.44. The minimum absolute atomic E-state index is 0.257. The van der Waals surface area contributed by atoms with Gasteiger partial charge < -0.3 is 14.8 Å². The third kappa shape index (κ3) is 4.50. The lowest BCUT2D eigenvalue weighted by atomic mass is 10.1. The largest absolute Gasteiger partial charge is 0.494 e. The highest BCUT2D eigenvalue weighted by Crippen LogP contribution is 2.25. The number of ether oxygens (including phenoxy) is 2. The molecule has 0 radical (unpaired) electrons. The lowest BCUT2D eigenvalue weighted by Gasteiger charge is -2.18. The van der Waals surface area contributed by atoms with Crippen molar-refractivity contribution >= 4 is 0 Å². The molecule has 1 aromatic rings. The fourth-order valence-corrected chi connectivity index (χ4v) is 2.84. The maximum Gasteiger partial charge on any atom is 0.119 e. The molecule has 1 fully saturated rings. The number of rotatable bonds is 8. The number of nitrogens with one attached hydrogen (secondary N) is 1. The highest BCUT2D eigenvalue weighted by molar-refractivity contribution is 5.29. The van der Waals surface area contributed by atoms with Crippen LogP contribution >= 0.6 is 0 Å². The van der Waals surface area contributed by atoms with Crippen LogP contribution in [-0.2, 0) is 4.74 Å². The van der Waals surface area contributed by atoms with Crippen LogP contribution in [0.15, 0.2) is 24.3 Å². The van der Waals surface area contributed by atoms with Crippen molar-refractivity contribution in [3.63, 3.8) is 0 Å². The van der Waals surface area contributed by atoms with E-state index in [-0.39, 0.29) is 6.04 Å². The monoisotopic (exact) mass is 277 g/mol. The topological polar surface area (TPSA) is 30.5 Å². The predicted molar refractivity (Wildman–Crippen MR) is 82.2 cm³/mol. The van der Waals surface area contributed by atoms with Crippen LogP contribution in [-0.4, -0.2) is 26.9 Å². The SMILES string of the molecule is CCOc1ccc(C(COCC2CCCC2)NC)cc1. The van der Waals surface area contributed by atoms with E-state index in [1.807, 2.05) is 26.1 Å². The first-order valence-electron chi connectivity index (χ1n) is 7.81. The summed E-state index contributed by atoms with van der Waals surface area (Å²) in [7, 11) is 1.99. The molecule has 1 atom stereocenters. The van der Waals surface area contributed by atoms with Gasteiger partial charge in [-0.1, -0.05) is 25.0 Å². The van der Waals surface area contributed by atoms with Gasteiger partial charge in [-0.15, -0.1) is 0 Å². The second-order valence-electron chi connectivity index (χ2n) is 5.53. The van der Waals surface area contributed by atoms with Crippen LogP contribution < -0.4 is 10.1 Å². The van der Waals surface area contributed by atoms with E-state index in [0.29, 0.717) is 6.61 Å². The Morgan fingerprint density at radius 3 is 2.50 bits per heavy atom. The molecule has 1 aliphatic rings. The molecule has 1 aromatic carbocycles. The summed E-state index contributed by atoms with van der Waals surface area (Å²) >= 11 is 0. The molecule has 0 amide bonds. The Morgan fingerprint density at radius 1 is 1.20 bits per heavy atom. The van der Waals surface area contributed by atoms with Gasteiger partial charge in [0, 0.05) is 6.61 Å². The molecule has 0 heterocycles. The molecule has 3 heteroatoms. The summed E-state index contributed by atoms with van der Waals surface area (Å²) in [6.45, 7) is 4.36. The van der Waals surface area contributed by atoms with E-state index in [2.05, 4.69) is 17.4 Å². The minimum atomic E-state index is 0.257. The summed E-state index contributed by atoms with van der Waals surface area (Å²) in [5.74, 6) is 1.71. The van der Waals surface area contributed by atoms with Crippen molar-refractivity contribution in [2.24, 2.45) is 5.92 Å². The molecule has 0 spiro atoms. The molecule has 2 rings (SSSR count). The van der Waals surface area contributed by atoms with Gasteiger partial charge in [-0.25, -0.2) is 0 Å². The zero-order valence-corrected chi connectivity index (χ0v) is 12.7. The van der Waals surface area contributed by atoms with Crippen molar-refractivity contribution in [1.82, 2.24) is 5.32 Å². The average molecular weight is 277 g/mol. The van der Waals surface area contributed by atoms with Crippen molar-refractivity contribution < 1.29 is 9.47 Å². The minimum Gasteiger partial charge on any atom is -0.494 e. The van der Waals surface area contributed by atoms with Crippen LogP contribution in [0.2, 0.25) is 0 Å². The molecule has 20 heavy (non-hydrogen) atoms. The summed E-state index contributed by atoms with van der Waals surface area (Å²) in [6, 6.07) is 8.54.